The summed E-state index contributed by atoms with van der Waals surface area (Å²) in [6, 6.07) is 0. The lowest BCUT2D eigenvalue weighted by Crippen LogP contribution is -2.25. The van der Waals surface area contributed by atoms with Crippen LogP contribution in [0.4, 0.5) is 0 Å². The van der Waals surface area contributed by atoms with E-state index in [0.29, 0.717) is 12.3 Å². The first-order valence-corrected chi connectivity index (χ1v) is 6.73. The summed E-state index contributed by atoms with van der Waals surface area (Å²) in [5.74, 6) is 0.851. The molecule has 0 bridgehead atoms. The quantitative estimate of drug-likeness (QED) is 0.716. The van der Waals surface area contributed by atoms with Crippen molar-refractivity contribution >= 4 is 9.84 Å². The van der Waals surface area contributed by atoms with Crippen LogP contribution in [0.5, 0.6) is 0 Å². The summed E-state index contributed by atoms with van der Waals surface area (Å²) in [5, 5.41) is 10.1. The minimum absolute atomic E-state index is 0.0162. The molecule has 3 nitrogen and oxygen atoms in total. The van der Waals surface area contributed by atoms with Crippen molar-refractivity contribution in [2.75, 3.05) is 11.5 Å². The molecule has 2 aliphatic rings. The van der Waals surface area contributed by atoms with Crippen molar-refractivity contribution in [3.63, 3.8) is 0 Å². The maximum atomic E-state index is 11.2. The Morgan fingerprint density at radius 1 is 1.54 bits per heavy atom. The van der Waals surface area contributed by atoms with Crippen LogP contribution < -0.4 is 0 Å². The average Bonchev–Trinajstić information content (AvgIpc) is 2.58. The van der Waals surface area contributed by atoms with Gasteiger partial charge in [0.2, 0.25) is 0 Å². The van der Waals surface area contributed by atoms with Crippen molar-refractivity contribution in [1.82, 2.24) is 0 Å². The van der Waals surface area contributed by atoms with Crippen molar-refractivity contribution in [3.8, 4) is 0 Å². The van der Waals surface area contributed by atoms with Gasteiger partial charge in [-0.05, 0) is 18.8 Å². The fraction of sp³-hybridized carbons (Fsp3) is 1.00. The Balaban J connectivity index is 2.06. The number of hydrogen-bond acceptors (Lipinski definition) is 3. The van der Waals surface area contributed by atoms with Gasteiger partial charge in [0.15, 0.2) is 9.84 Å². The second kappa shape index (κ2) is 2.70. The molecular weight excluding hydrogens is 188 g/mol. The molecule has 1 saturated carbocycles. The van der Waals surface area contributed by atoms with Crippen LogP contribution in [0, 0.1) is 11.8 Å². The monoisotopic (exact) mass is 204 g/mol. The molecule has 2 rings (SSSR count). The van der Waals surface area contributed by atoms with Crippen molar-refractivity contribution in [2.24, 2.45) is 11.8 Å². The van der Waals surface area contributed by atoms with Crippen LogP contribution in [0.3, 0.4) is 0 Å². The molecule has 0 aromatic carbocycles. The Morgan fingerprint density at radius 2 is 2.23 bits per heavy atom. The summed E-state index contributed by atoms with van der Waals surface area (Å²) >= 11 is 0. The number of aliphatic hydroxyl groups is 1. The molecule has 2 fully saturated rings. The first kappa shape index (κ1) is 9.46. The number of sulfone groups is 1. The Kier molecular flexibility index (Phi) is 1.97. The predicted molar refractivity (Wildman–Crippen MR) is 50.1 cm³/mol. The van der Waals surface area contributed by atoms with E-state index in [-0.39, 0.29) is 17.4 Å². The molecule has 13 heavy (non-hydrogen) atoms. The first-order valence-electron chi connectivity index (χ1n) is 4.91. The minimum Gasteiger partial charge on any atom is -0.389 e. The largest absolute Gasteiger partial charge is 0.389 e. The van der Waals surface area contributed by atoms with Gasteiger partial charge in [-0.2, -0.15) is 0 Å². The zero-order valence-electron chi connectivity index (χ0n) is 7.86. The predicted octanol–water partition coefficient (Wildman–Crippen LogP) is 0.582. The topological polar surface area (TPSA) is 54.4 Å². The van der Waals surface area contributed by atoms with Gasteiger partial charge in [0.25, 0.3) is 0 Å². The van der Waals surface area contributed by atoms with Gasteiger partial charge in [-0.15, -0.1) is 0 Å². The SMILES string of the molecule is CCC1CC1(O)C1CCS(=O)(=O)C1. The highest BCUT2D eigenvalue weighted by molar-refractivity contribution is 7.91. The third-order valence-corrected chi connectivity index (χ3v) is 5.32. The summed E-state index contributed by atoms with van der Waals surface area (Å²) in [5.41, 5.74) is -0.627. The molecule has 1 aliphatic carbocycles. The van der Waals surface area contributed by atoms with Gasteiger partial charge in [0, 0.05) is 5.92 Å². The van der Waals surface area contributed by atoms with Gasteiger partial charge in [-0.1, -0.05) is 13.3 Å². The van der Waals surface area contributed by atoms with E-state index in [9.17, 15) is 13.5 Å². The van der Waals surface area contributed by atoms with Crippen LogP contribution in [0.1, 0.15) is 26.2 Å². The summed E-state index contributed by atoms with van der Waals surface area (Å²) in [4.78, 5) is 0. The van der Waals surface area contributed by atoms with Gasteiger partial charge in [-0.25, -0.2) is 8.42 Å². The molecule has 1 aliphatic heterocycles. The highest BCUT2D eigenvalue weighted by Gasteiger charge is 2.58. The van der Waals surface area contributed by atoms with Gasteiger partial charge in [0.05, 0.1) is 17.1 Å². The lowest BCUT2D eigenvalue weighted by molar-refractivity contribution is 0.0758. The lowest BCUT2D eigenvalue weighted by Gasteiger charge is -2.16. The van der Waals surface area contributed by atoms with Gasteiger partial charge < -0.3 is 5.11 Å². The Hall–Kier alpha value is -0.0900. The first-order chi connectivity index (χ1) is 5.98. The summed E-state index contributed by atoms with van der Waals surface area (Å²) in [7, 11) is -2.83. The van der Waals surface area contributed by atoms with Crippen molar-refractivity contribution in [2.45, 2.75) is 31.8 Å². The van der Waals surface area contributed by atoms with E-state index in [0.717, 1.165) is 12.8 Å². The summed E-state index contributed by atoms with van der Waals surface area (Å²) in [6.45, 7) is 2.05. The molecular formula is C9H16O3S. The van der Waals surface area contributed by atoms with E-state index in [1.54, 1.807) is 0 Å². The minimum atomic E-state index is -2.83. The zero-order valence-corrected chi connectivity index (χ0v) is 8.68. The van der Waals surface area contributed by atoms with E-state index in [1.807, 2.05) is 6.92 Å². The molecule has 0 spiro atoms. The smallest absolute Gasteiger partial charge is 0.150 e. The van der Waals surface area contributed by atoms with Gasteiger partial charge in [0.1, 0.15) is 0 Å². The van der Waals surface area contributed by atoms with E-state index in [2.05, 4.69) is 0 Å². The Bertz CT molecular complexity index is 309. The Labute approximate surface area is 79.1 Å². The molecule has 0 radical (unpaired) electrons. The summed E-state index contributed by atoms with van der Waals surface area (Å²) < 4.78 is 22.4. The Morgan fingerprint density at radius 3 is 2.62 bits per heavy atom. The molecule has 1 saturated heterocycles. The third-order valence-electron chi connectivity index (χ3n) is 3.55. The van der Waals surface area contributed by atoms with Crippen LogP contribution in [0.2, 0.25) is 0 Å². The zero-order chi connectivity index (χ0) is 9.69. The fourth-order valence-corrected chi connectivity index (χ4v) is 4.40. The number of rotatable bonds is 2. The molecule has 1 N–H and O–H groups in total. The van der Waals surface area contributed by atoms with Crippen LogP contribution in [-0.4, -0.2) is 30.6 Å². The van der Waals surface area contributed by atoms with E-state index < -0.39 is 15.4 Å². The van der Waals surface area contributed by atoms with Crippen molar-refractivity contribution in [3.05, 3.63) is 0 Å². The standard InChI is InChI=1S/C9H16O3S/c1-2-7-5-9(7,10)8-3-4-13(11,12)6-8/h7-8,10H,2-6H2,1H3. The third kappa shape index (κ3) is 1.50. The van der Waals surface area contributed by atoms with Gasteiger partial charge in [-0.3, -0.25) is 0 Å². The van der Waals surface area contributed by atoms with Crippen LogP contribution in [0.25, 0.3) is 0 Å². The molecule has 0 amide bonds. The molecule has 76 valence electrons. The lowest BCUT2D eigenvalue weighted by atomic mass is 9.97. The second-order valence-corrected chi connectivity index (χ2v) is 6.63. The molecule has 1 heterocycles. The molecule has 3 unspecified atom stereocenters. The highest BCUT2D eigenvalue weighted by Crippen LogP contribution is 2.53. The van der Waals surface area contributed by atoms with Crippen LogP contribution in [0.15, 0.2) is 0 Å². The van der Waals surface area contributed by atoms with Crippen molar-refractivity contribution in [1.29, 1.82) is 0 Å². The van der Waals surface area contributed by atoms with Gasteiger partial charge >= 0.3 is 0 Å². The molecule has 3 atom stereocenters. The molecule has 0 aromatic rings. The maximum Gasteiger partial charge on any atom is 0.150 e. The maximum absolute atomic E-state index is 11.2. The molecule has 0 aromatic heterocycles. The van der Waals surface area contributed by atoms with E-state index in [1.165, 1.54) is 0 Å². The van der Waals surface area contributed by atoms with E-state index >= 15 is 0 Å². The average molecular weight is 204 g/mol. The fourth-order valence-electron chi connectivity index (χ4n) is 2.52. The van der Waals surface area contributed by atoms with Crippen LogP contribution >= 0.6 is 0 Å². The second-order valence-electron chi connectivity index (χ2n) is 4.40. The number of hydrogen-bond donors (Lipinski definition) is 1. The molecule has 4 heteroatoms. The van der Waals surface area contributed by atoms with E-state index in [4.69, 9.17) is 0 Å². The normalized spacial score (nSPS) is 47.8. The van der Waals surface area contributed by atoms with Crippen molar-refractivity contribution < 1.29 is 13.5 Å². The highest BCUT2D eigenvalue weighted by atomic mass is 32.2. The summed E-state index contributed by atoms with van der Waals surface area (Å²) in [6.07, 6.45) is 2.44. The van der Waals surface area contributed by atoms with Crippen LogP contribution in [-0.2, 0) is 9.84 Å².